The van der Waals surface area contributed by atoms with Gasteiger partial charge in [0.25, 0.3) is 0 Å². The van der Waals surface area contributed by atoms with Crippen LogP contribution in [0.4, 0.5) is 0 Å². The Hall–Kier alpha value is -1.71. The fourth-order valence-corrected chi connectivity index (χ4v) is 4.62. The van der Waals surface area contributed by atoms with Gasteiger partial charge in [0.1, 0.15) is 6.07 Å². The third kappa shape index (κ3) is 3.63. The van der Waals surface area contributed by atoms with Crippen LogP contribution >= 0.6 is 24.4 Å². The maximum Gasteiger partial charge on any atom is 0.102 e. The first-order chi connectivity index (χ1) is 11.8. The minimum atomic E-state index is -0.296. The van der Waals surface area contributed by atoms with Gasteiger partial charge in [-0.05, 0) is 25.3 Å². The second kappa shape index (κ2) is 6.89. The summed E-state index contributed by atoms with van der Waals surface area (Å²) < 4.78 is 1.59. The van der Waals surface area contributed by atoms with E-state index in [4.69, 9.17) is 0 Å². The van der Waals surface area contributed by atoms with E-state index in [1.807, 2.05) is 31.7 Å². The van der Waals surface area contributed by atoms with E-state index in [2.05, 4.69) is 47.8 Å². The van der Waals surface area contributed by atoms with Gasteiger partial charge in [0.15, 0.2) is 0 Å². The van der Waals surface area contributed by atoms with Gasteiger partial charge in [0, 0.05) is 35.5 Å². The fourth-order valence-electron chi connectivity index (χ4n) is 3.18. The number of aliphatic imine (C=N–C) groups is 1. The van der Waals surface area contributed by atoms with Gasteiger partial charge in [-0.3, -0.25) is 4.99 Å². The van der Waals surface area contributed by atoms with Crippen LogP contribution in [0, 0.1) is 17.2 Å². The number of hydrogen-bond donors (Lipinski definition) is 1. The molecule has 0 amide bonds. The summed E-state index contributed by atoms with van der Waals surface area (Å²) in [5.74, 6) is 0.386. The molecule has 25 heavy (non-hydrogen) atoms. The molecular formula is C19H22N4S2. The number of hydrogen-bond acceptors (Lipinski definition) is 5. The van der Waals surface area contributed by atoms with Crippen molar-refractivity contribution in [2.45, 2.75) is 37.2 Å². The zero-order valence-electron chi connectivity index (χ0n) is 14.9. The van der Waals surface area contributed by atoms with Crippen molar-refractivity contribution in [1.82, 2.24) is 9.55 Å². The van der Waals surface area contributed by atoms with Crippen molar-refractivity contribution in [3.8, 4) is 6.07 Å². The van der Waals surface area contributed by atoms with Crippen LogP contribution in [-0.4, -0.2) is 25.8 Å². The van der Waals surface area contributed by atoms with E-state index in [9.17, 15) is 5.26 Å². The summed E-state index contributed by atoms with van der Waals surface area (Å²) in [6, 6.07) is 2.35. The normalized spacial score (nSPS) is 29.3. The highest BCUT2D eigenvalue weighted by atomic mass is 32.2. The van der Waals surface area contributed by atoms with Crippen LogP contribution in [-0.2, 0) is 7.05 Å². The molecule has 130 valence electrons. The number of thiol groups is 1. The lowest BCUT2D eigenvalue weighted by atomic mass is 10.0. The first-order valence-electron chi connectivity index (χ1n) is 8.26. The highest BCUT2D eigenvalue weighted by Crippen LogP contribution is 2.45. The topological polar surface area (TPSA) is 54.0 Å². The molecule has 0 bridgehead atoms. The second-order valence-electron chi connectivity index (χ2n) is 6.80. The smallest absolute Gasteiger partial charge is 0.102 e. The van der Waals surface area contributed by atoms with Gasteiger partial charge >= 0.3 is 0 Å². The van der Waals surface area contributed by atoms with Crippen LogP contribution in [0.1, 0.15) is 32.9 Å². The van der Waals surface area contributed by atoms with Crippen molar-refractivity contribution in [3.63, 3.8) is 0 Å². The first kappa shape index (κ1) is 18.1. The Morgan fingerprint density at radius 1 is 1.52 bits per heavy atom. The van der Waals surface area contributed by atoms with Crippen LogP contribution < -0.4 is 0 Å². The van der Waals surface area contributed by atoms with E-state index in [1.165, 1.54) is 5.57 Å². The molecule has 4 nitrogen and oxygen atoms in total. The van der Waals surface area contributed by atoms with E-state index in [-0.39, 0.29) is 4.75 Å². The largest absolute Gasteiger partial charge is 0.333 e. The Labute approximate surface area is 158 Å². The molecular weight excluding hydrogens is 348 g/mol. The Kier molecular flexibility index (Phi) is 4.99. The molecule has 3 atom stereocenters. The molecule has 3 unspecified atom stereocenters. The lowest BCUT2D eigenvalue weighted by Gasteiger charge is -2.19. The number of imidazole rings is 1. The van der Waals surface area contributed by atoms with Crippen molar-refractivity contribution >= 4 is 36.2 Å². The van der Waals surface area contributed by atoms with Gasteiger partial charge in [-0.2, -0.15) is 17.9 Å². The molecule has 1 aliphatic heterocycles. The highest BCUT2D eigenvalue weighted by Gasteiger charge is 2.33. The number of nitriles is 1. The number of allylic oxidation sites excluding steroid dienone is 5. The van der Waals surface area contributed by atoms with Crippen molar-refractivity contribution in [2.75, 3.05) is 0 Å². The van der Waals surface area contributed by atoms with E-state index in [0.29, 0.717) is 16.7 Å². The number of aryl methyl sites for hydroxylation is 1. The lowest BCUT2D eigenvalue weighted by Crippen LogP contribution is -2.15. The van der Waals surface area contributed by atoms with Gasteiger partial charge in [-0.25, -0.2) is 4.98 Å². The second-order valence-corrected chi connectivity index (χ2v) is 9.22. The molecule has 1 aromatic heterocycles. The summed E-state index contributed by atoms with van der Waals surface area (Å²) in [5, 5.41) is 10.00. The van der Waals surface area contributed by atoms with Gasteiger partial charge in [-0.15, -0.1) is 11.8 Å². The summed E-state index contributed by atoms with van der Waals surface area (Å²) in [7, 11) is 1.91. The minimum absolute atomic E-state index is 0.296. The molecule has 0 aromatic carbocycles. The number of thioether (sulfide) groups is 1. The van der Waals surface area contributed by atoms with Crippen LogP contribution in [0.3, 0.4) is 0 Å². The molecule has 1 aliphatic carbocycles. The van der Waals surface area contributed by atoms with Gasteiger partial charge in [-0.1, -0.05) is 19.1 Å². The van der Waals surface area contributed by atoms with E-state index < -0.39 is 0 Å². The van der Waals surface area contributed by atoms with Crippen LogP contribution in [0.5, 0.6) is 0 Å². The van der Waals surface area contributed by atoms with Crippen molar-refractivity contribution < 1.29 is 0 Å². The molecule has 0 saturated carbocycles. The molecule has 2 heterocycles. The third-order valence-electron chi connectivity index (χ3n) is 4.72. The van der Waals surface area contributed by atoms with Gasteiger partial charge in [0.2, 0.25) is 0 Å². The van der Waals surface area contributed by atoms with E-state index in [0.717, 1.165) is 22.7 Å². The average molecular weight is 371 g/mol. The quantitative estimate of drug-likeness (QED) is 0.634. The maximum atomic E-state index is 9.62. The molecule has 1 aromatic rings. The zero-order chi connectivity index (χ0) is 18.2. The molecule has 3 rings (SSSR count). The third-order valence-corrected chi connectivity index (χ3v) is 6.42. The minimum Gasteiger partial charge on any atom is -0.333 e. The lowest BCUT2D eigenvalue weighted by molar-refractivity contribution is 0.698. The molecule has 6 heteroatoms. The molecule has 2 aliphatic rings. The Morgan fingerprint density at radius 2 is 2.28 bits per heavy atom. The Morgan fingerprint density at radius 3 is 2.92 bits per heavy atom. The number of nitrogens with zero attached hydrogens (tertiary/aromatic N) is 4. The average Bonchev–Trinajstić information content (AvgIpc) is 3.04. The number of aromatic nitrogens is 2. The van der Waals surface area contributed by atoms with Crippen LogP contribution in [0.15, 0.2) is 45.8 Å². The van der Waals surface area contributed by atoms with E-state index in [1.54, 1.807) is 24.3 Å². The summed E-state index contributed by atoms with van der Waals surface area (Å²) in [5.41, 5.74) is 3.99. The molecule has 0 spiro atoms. The highest BCUT2D eigenvalue weighted by molar-refractivity contribution is 8.03. The van der Waals surface area contributed by atoms with Gasteiger partial charge < -0.3 is 4.57 Å². The van der Waals surface area contributed by atoms with E-state index >= 15 is 0 Å². The fraction of sp³-hybridized carbons (Fsp3) is 0.421. The monoisotopic (exact) mass is 370 g/mol. The van der Waals surface area contributed by atoms with Crippen molar-refractivity contribution in [3.05, 3.63) is 46.5 Å². The predicted octanol–water partition coefficient (Wildman–Crippen LogP) is 4.40. The van der Waals surface area contributed by atoms with Crippen molar-refractivity contribution in [2.24, 2.45) is 18.0 Å². The SMILES string of the molecule is C/C(SC1CC2=C(C=CC(C)(S)C=N2)C1C)=C(\C#N)c1cncn1C. The maximum absolute atomic E-state index is 9.62. The first-order valence-corrected chi connectivity index (χ1v) is 9.59. The standard InChI is InChI=1S/C19H22N4S2/c1-12-14-5-6-19(3,24)10-22-16(14)7-18(12)25-13(2)15(8-20)17-9-21-11-23(17)4/h5-6,9-12,18,24H,7H2,1-4H3/b15-13-. The van der Waals surface area contributed by atoms with Crippen molar-refractivity contribution in [1.29, 1.82) is 5.26 Å². The van der Waals surface area contributed by atoms with Gasteiger partial charge in [0.05, 0.1) is 28.5 Å². The zero-order valence-corrected chi connectivity index (χ0v) is 16.6. The molecule has 0 saturated heterocycles. The Bertz CT molecular complexity index is 849. The summed E-state index contributed by atoms with van der Waals surface area (Å²) in [6.45, 7) is 6.30. The Balaban J connectivity index is 1.82. The molecule has 0 fully saturated rings. The molecule has 0 N–H and O–H groups in total. The van der Waals surface area contributed by atoms with Crippen LogP contribution in [0.25, 0.3) is 5.57 Å². The summed E-state index contributed by atoms with van der Waals surface area (Å²) in [6.07, 6.45) is 10.6. The number of rotatable bonds is 3. The summed E-state index contributed by atoms with van der Waals surface area (Å²) in [4.78, 5) is 9.84. The predicted molar refractivity (Wildman–Crippen MR) is 109 cm³/mol. The summed E-state index contributed by atoms with van der Waals surface area (Å²) >= 11 is 6.38. The molecule has 0 radical (unpaired) electrons. The van der Waals surface area contributed by atoms with Crippen LogP contribution in [0.2, 0.25) is 0 Å².